The molecule has 6 heteroatoms. The number of halogens is 1. The highest BCUT2D eigenvalue weighted by atomic mass is 127. The number of benzene rings is 1. The topological polar surface area (TPSA) is 49.3 Å². The van der Waals surface area contributed by atoms with Gasteiger partial charge in [0.05, 0.1) is 12.2 Å². The number of hydrogen-bond donors (Lipinski definition) is 2. The predicted molar refractivity (Wildman–Crippen MR) is 111 cm³/mol. The maximum atomic E-state index is 4.66. The molecule has 0 atom stereocenters. The Labute approximate surface area is 159 Å². The first-order chi connectivity index (χ1) is 10.7. The van der Waals surface area contributed by atoms with Gasteiger partial charge in [-0.3, -0.25) is 0 Å². The highest BCUT2D eigenvalue weighted by Crippen LogP contribution is 2.23. The summed E-state index contributed by atoms with van der Waals surface area (Å²) in [5, 5.41) is 9.73. The molecule has 0 spiro atoms. The quantitative estimate of drug-likeness (QED) is 0.400. The zero-order valence-electron chi connectivity index (χ0n) is 13.9. The summed E-state index contributed by atoms with van der Waals surface area (Å²) in [5.74, 6) is 1.44. The number of nitrogens with zero attached hydrogens (tertiary/aromatic N) is 2. The molecule has 0 aliphatic rings. The van der Waals surface area contributed by atoms with Crippen LogP contribution < -0.4 is 10.6 Å². The zero-order valence-corrected chi connectivity index (χ0v) is 17.0. The normalized spacial score (nSPS) is 11.2. The van der Waals surface area contributed by atoms with E-state index in [1.807, 2.05) is 18.2 Å². The minimum atomic E-state index is 0. The van der Waals surface area contributed by atoms with Crippen molar-refractivity contribution in [1.29, 1.82) is 0 Å². The van der Waals surface area contributed by atoms with E-state index < -0.39 is 0 Å². The summed E-state index contributed by atoms with van der Waals surface area (Å²) in [7, 11) is 0. The first-order valence-electron chi connectivity index (χ1n) is 7.71. The SMILES string of the molecule is CCNC(=NCc1csc(-c2ccccc2)n1)NCC(C)C.I. The molecule has 0 aliphatic heterocycles. The van der Waals surface area contributed by atoms with Crippen molar-refractivity contribution in [2.24, 2.45) is 10.9 Å². The Morgan fingerprint density at radius 2 is 1.96 bits per heavy atom. The fraction of sp³-hybridized carbons (Fsp3) is 0.412. The van der Waals surface area contributed by atoms with Gasteiger partial charge in [-0.2, -0.15) is 0 Å². The third kappa shape index (κ3) is 6.87. The number of rotatable bonds is 6. The van der Waals surface area contributed by atoms with E-state index in [-0.39, 0.29) is 24.0 Å². The van der Waals surface area contributed by atoms with Crippen LogP contribution in [0.4, 0.5) is 0 Å². The van der Waals surface area contributed by atoms with E-state index >= 15 is 0 Å². The molecule has 0 saturated heterocycles. The van der Waals surface area contributed by atoms with Crippen molar-refractivity contribution >= 4 is 41.3 Å². The Morgan fingerprint density at radius 1 is 1.22 bits per heavy atom. The van der Waals surface area contributed by atoms with Crippen molar-refractivity contribution in [2.75, 3.05) is 13.1 Å². The zero-order chi connectivity index (χ0) is 15.8. The lowest BCUT2D eigenvalue weighted by atomic mass is 10.2. The van der Waals surface area contributed by atoms with E-state index in [0.717, 1.165) is 35.3 Å². The van der Waals surface area contributed by atoms with E-state index in [0.29, 0.717) is 12.5 Å². The Kier molecular flexibility index (Phi) is 9.16. The fourth-order valence-corrected chi connectivity index (χ4v) is 2.71. The van der Waals surface area contributed by atoms with Crippen molar-refractivity contribution in [1.82, 2.24) is 15.6 Å². The molecule has 0 radical (unpaired) electrons. The van der Waals surface area contributed by atoms with E-state index in [9.17, 15) is 0 Å². The Balaban J connectivity index is 0.00000264. The summed E-state index contributed by atoms with van der Waals surface area (Å²) in [6.45, 7) is 8.81. The summed E-state index contributed by atoms with van der Waals surface area (Å²) in [5.41, 5.74) is 2.16. The van der Waals surface area contributed by atoms with Gasteiger partial charge in [0.2, 0.25) is 0 Å². The van der Waals surface area contributed by atoms with Crippen LogP contribution in [0.3, 0.4) is 0 Å². The summed E-state index contributed by atoms with van der Waals surface area (Å²) in [6.07, 6.45) is 0. The molecule has 0 fully saturated rings. The van der Waals surface area contributed by atoms with Gasteiger partial charge in [0.15, 0.2) is 5.96 Å². The molecule has 0 saturated carbocycles. The van der Waals surface area contributed by atoms with Gasteiger partial charge in [0.25, 0.3) is 0 Å². The van der Waals surface area contributed by atoms with E-state index in [4.69, 9.17) is 0 Å². The molecule has 2 N–H and O–H groups in total. The van der Waals surface area contributed by atoms with Crippen LogP contribution in [-0.2, 0) is 6.54 Å². The number of hydrogen-bond acceptors (Lipinski definition) is 3. The largest absolute Gasteiger partial charge is 0.357 e. The molecule has 2 rings (SSSR count). The number of guanidine groups is 1. The molecular weight excluding hydrogens is 419 g/mol. The van der Waals surface area contributed by atoms with Crippen LogP contribution in [0.15, 0.2) is 40.7 Å². The lowest BCUT2D eigenvalue weighted by Gasteiger charge is -2.12. The highest BCUT2D eigenvalue weighted by molar-refractivity contribution is 14.0. The number of aromatic nitrogens is 1. The van der Waals surface area contributed by atoms with Crippen LogP contribution in [0, 0.1) is 5.92 Å². The molecule has 0 unspecified atom stereocenters. The van der Waals surface area contributed by atoms with Crippen LogP contribution in [0.25, 0.3) is 10.6 Å². The molecule has 1 aromatic carbocycles. The molecule has 4 nitrogen and oxygen atoms in total. The second-order valence-electron chi connectivity index (χ2n) is 5.48. The molecule has 126 valence electrons. The van der Waals surface area contributed by atoms with Crippen LogP contribution in [-0.4, -0.2) is 24.0 Å². The molecule has 1 aromatic heterocycles. The standard InChI is InChI=1S/C17H24N4S.HI/c1-4-18-17(19-10-13(2)3)20-11-15-12-22-16(21-15)14-8-6-5-7-9-14;/h5-9,12-13H,4,10-11H2,1-3H3,(H2,18,19,20);1H. The van der Waals surface area contributed by atoms with Crippen LogP contribution in [0.5, 0.6) is 0 Å². The first kappa shape index (κ1) is 19.9. The summed E-state index contributed by atoms with van der Waals surface area (Å²) in [6, 6.07) is 10.3. The van der Waals surface area contributed by atoms with Crippen LogP contribution >= 0.6 is 35.3 Å². The Bertz CT molecular complexity index is 596. The van der Waals surface area contributed by atoms with Crippen molar-refractivity contribution in [3.8, 4) is 10.6 Å². The minimum Gasteiger partial charge on any atom is -0.357 e. The molecule has 2 aromatic rings. The third-order valence-electron chi connectivity index (χ3n) is 2.99. The van der Waals surface area contributed by atoms with Gasteiger partial charge in [-0.15, -0.1) is 35.3 Å². The summed E-state index contributed by atoms with van der Waals surface area (Å²) in [4.78, 5) is 9.26. The van der Waals surface area contributed by atoms with Gasteiger partial charge in [0, 0.05) is 24.0 Å². The molecule has 0 aliphatic carbocycles. The van der Waals surface area contributed by atoms with Gasteiger partial charge in [0.1, 0.15) is 5.01 Å². The Morgan fingerprint density at radius 3 is 2.61 bits per heavy atom. The van der Waals surface area contributed by atoms with Gasteiger partial charge in [-0.05, 0) is 12.8 Å². The van der Waals surface area contributed by atoms with Crippen molar-refractivity contribution < 1.29 is 0 Å². The third-order valence-corrected chi connectivity index (χ3v) is 3.93. The van der Waals surface area contributed by atoms with Crippen molar-refractivity contribution in [3.63, 3.8) is 0 Å². The smallest absolute Gasteiger partial charge is 0.191 e. The van der Waals surface area contributed by atoms with Crippen LogP contribution in [0.1, 0.15) is 26.5 Å². The lowest BCUT2D eigenvalue weighted by Crippen LogP contribution is -2.39. The van der Waals surface area contributed by atoms with Gasteiger partial charge in [-0.1, -0.05) is 44.2 Å². The van der Waals surface area contributed by atoms with Crippen molar-refractivity contribution in [2.45, 2.75) is 27.3 Å². The molecule has 1 heterocycles. The monoisotopic (exact) mass is 444 g/mol. The minimum absolute atomic E-state index is 0. The second-order valence-corrected chi connectivity index (χ2v) is 6.34. The number of aliphatic imine (C=N–C) groups is 1. The number of nitrogens with one attached hydrogen (secondary N) is 2. The number of thiazole rings is 1. The second kappa shape index (κ2) is 10.6. The maximum Gasteiger partial charge on any atom is 0.191 e. The highest BCUT2D eigenvalue weighted by Gasteiger charge is 2.05. The van der Waals surface area contributed by atoms with Gasteiger partial charge >= 0.3 is 0 Å². The van der Waals surface area contributed by atoms with Gasteiger partial charge in [-0.25, -0.2) is 9.98 Å². The summed E-state index contributed by atoms with van der Waals surface area (Å²) < 4.78 is 0. The lowest BCUT2D eigenvalue weighted by molar-refractivity contribution is 0.614. The molecular formula is C17H25IN4S. The van der Waals surface area contributed by atoms with E-state index in [1.54, 1.807) is 11.3 Å². The maximum absolute atomic E-state index is 4.66. The molecule has 0 bridgehead atoms. The molecule has 23 heavy (non-hydrogen) atoms. The first-order valence-corrected chi connectivity index (χ1v) is 8.59. The van der Waals surface area contributed by atoms with E-state index in [2.05, 4.69) is 58.9 Å². The van der Waals surface area contributed by atoms with E-state index in [1.165, 1.54) is 0 Å². The fourth-order valence-electron chi connectivity index (χ4n) is 1.90. The van der Waals surface area contributed by atoms with Crippen LogP contribution in [0.2, 0.25) is 0 Å². The molecule has 0 amide bonds. The summed E-state index contributed by atoms with van der Waals surface area (Å²) >= 11 is 1.66. The predicted octanol–water partition coefficient (Wildman–Crippen LogP) is 4.14. The average molecular weight is 444 g/mol. The average Bonchev–Trinajstić information content (AvgIpc) is 3.00. The Hall–Kier alpha value is -1.15. The van der Waals surface area contributed by atoms with Crippen molar-refractivity contribution in [3.05, 3.63) is 41.4 Å². The van der Waals surface area contributed by atoms with Gasteiger partial charge < -0.3 is 10.6 Å².